The smallest absolute Gasteiger partial charge is 0.336 e. The van der Waals surface area contributed by atoms with Crippen LogP contribution >= 0.6 is 0 Å². The van der Waals surface area contributed by atoms with Crippen molar-refractivity contribution < 1.29 is 28.9 Å². The monoisotopic (exact) mass is 491 g/mol. The molecule has 1 saturated carbocycles. The Kier molecular flexibility index (Phi) is 7.48. The van der Waals surface area contributed by atoms with Gasteiger partial charge in [0.2, 0.25) is 0 Å². The summed E-state index contributed by atoms with van der Waals surface area (Å²) in [4.78, 5) is 31.8. The number of Topliss-reactive ketones (excluding diaryl/α,β-unsaturated/α-hetero) is 1. The van der Waals surface area contributed by atoms with Gasteiger partial charge in [0.15, 0.2) is 11.5 Å². The minimum atomic E-state index is -0.586. The van der Waals surface area contributed by atoms with Gasteiger partial charge in [-0.15, -0.1) is 0 Å². The lowest BCUT2D eigenvalue weighted by atomic mass is 9.66. The Bertz CT molecular complexity index is 1210. The maximum Gasteiger partial charge on any atom is 0.336 e. The first-order chi connectivity index (χ1) is 17.2. The molecular weight excluding hydrogens is 458 g/mol. The molecule has 1 N–H and O–H groups in total. The van der Waals surface area contributed by atoms with Gasteiger partial charge in [-0.1, -0.05) is 18.2 Å². The number of carbonyl (C=O) groups excluding carboxylic acids is 2. The van der Waals surface area contributed by atoms with Crippen molar-refractivity contribution in [3.05, 3.63) is 64.9 Å². The van der Waals surface area contributed by atoms with E-state index in [-0.39, 0.29) is 23.6 Å². The van der Waals surface area contributed by atoms with E-state index < -0.39 is 17.8 Å². The molecule has 0 radical (unpaired) electrons. The fraction of sp³-hybridized carbons (Fsp3) is 0.414. The van der Waals surface area contributed by atoms with E-state index in [2.05, 4.69) is 0 Å². The molecular formula is C29H33NO6. The Morgan fingerprint density at radius 3 is 2.42 bits per heavy atom. The molecule has 1 aliphatic carbocycles. The number of ether oxygens (including phenoxy) is 3. The number of phenolic OH excluding ortho intramolecular Hbond substituents is 1. The highest BCUT2D eigenvalue weighted by Gasteiger charge is 2.46. The zero-order chi connectivity index (χ0) is 26.0. The van der Waals surface area contributed by atoms with Crippen molar-refractivity contribution in [1.29, 1.82) is 0 Å². The van der Waals surface area contributed by atoms with Gasteiger partial charge in [-0.3, -0.25) is 9.79 Å². The summed E-state index contributed by atoms with van der Waals surface area (Å²) in [6, 6.07) is 12.8. The average Bonchev–Trinajstić information content (AvgIpc) is 2.84. The Hall–Kier alpha value is -3.61. The molecule has 36 heavy (non-hydrogen) atoms. The normalized spacial score (nSPS) is 21.7. The van der Waals surface area contributed by atoms with E-state index in [1.165, 1.54) is 0 Å². The van der Waals surface area contributed by atoms with Crippen LogP contribution in [0.5, 0.6) is 17.2 Å². The van der Waals surface area contributed by atoms with Crippen LogP contribution in [0.25, 0.3) is 0 Å². The van der Waals surface area contributed by atoms with Gasteiger partial charge in [-0.25, -0.2) is 4.79 Å². The molecule has 1 unspecified atom stereocenters. The van der Waals surface area contributed by atoms with Crippen LogP contribution in [0.4, 0.5) is 0 Å². The van der Waals surface area contributed by atoms with Crippen molar-refractivity contribution in [2.24, 2.45) is 10.9 Å². The lowest BCUT2D eigenvalue weighted by Crippen LogP contribution is -2.41. The molecule has 2 aromatic carbocycles. The van der Waals surface area contributed by atoms with Crippen LogP contribution < -0.4 is 9.47 Å². The SMILES string of the molecule is CCOc1cc([C@@H]2C(C(=O)OC(C)C)=C(C)N=C3C[C@@H](c4ccc(OC)cc4)CC(=O)C32)ccc1O. The number of benzene rings is 2. The number of fused-ring (bicyclic) bond motifs is 1. The summed E-state index contributed by atoms with van der Waals surface area (Å²) in [6.07, 6.45) is 0.637. The quantitative estimate of drug-likeness (QED) is 0.527. The van der Waals surface area contributed by atoms with Gasteiger partial charge in [-0.2, -0.15) is 0 Å². The second-order valence-corrected chi connectivity index (χ2v) is 9.52. The summed E-state index contributed by atoms with van der Waals surface area (Å²) < 4.78 is 16.4. The van der Waals surface area contributed by atoms with Crippen LogP contribution in [0.1, 0.15) is 63.5 Å². The third-order valence-corrected chi connectivity index (χ3v) is 6.75. The molecule has 0 bridgehead atoms. The maximum absolute atomic E-state index is 13.7. The Morgan fingerprint density at radius 1 is 1.08 bits per heavy atom. The maximum atomic E-state index is 13.7. The van der Waals surface area contributed by atoms with Gasteiger partial charge in [0.25, 0.3) is 0 Å². The Morgan fingerprint density at radius 2 is 1.78 bits per heavy atom. The second kappa shape index (κ2) is 10.6. The molecule has 0 amide bonds. The molecule has 0 spiro atoms. The summed E-state index contributed by atoms with van der Waals surface area (Å²) in [7, 11) is 1.62. The van der Waals surface area contributed by atoms with Gasteiger partial charge in [0.1, 0.15) is 11.5 Å². The highest BCUT2D eigenvalue weighted by Crippen LogP contribution is 2.47. The first-order valence-electron chi connectivity index (χ1n) is 12.3. The highest BCUT2D eigenvalue weighted by atomic mass is 16.5. The van der Waals surface area contributed by atoms with Crippen LogP contribution in [-0.2, 0) is 14.3 Å². The molecule has 0 saturated heterocycles. The van der Waals surface area contributed by atoms with E-state index in [0.717, 1.165) is 17.0 Å². The molecule has 3 atom stereocenters. The van der Waals surface area contributed by atoms with Crippen molar-refractivity contribution >= 4 is 17.5 Å². The zero-order valence-electron chi connectivity index (χ0n) is 21.4. The fourth-order valence-electron chi connectivity index (χ4n) is 5.19. The van der Waals surface area contributed by atoms with E-state index >= 15 is 0 Å². The van der Waals surface area contributed by atoms with Gasteiger partial charge in [0, 0.05) is 23.7 Å². The number of aromatic hydroxyl groups is 1. The average molecular weight is 492 g/mol. The Labute approximate surface area is 211 Å². The van der Waals surface area contributed by atoms with E-state index in [9.17, 15) is 14.7 Å². The number of carbonyl (C=O) groups is 2. The molecule has 2 aromatic rings. The lowest BCUT2D eigenvalue weighted by molar-refractivity contribution is -0.143. The van der Waals surface area contributed by atoms with Gasteiger partial charge < -0.3 is 19.3 Å². The van der Waals surface area contributed by atoms with Crippen molar-refractivity contribution in [3.63, 3.8) is 0 Å². The topological polar surface area (TPSA) is 94.4 Å². The number of phenols is 1. The molecule has 1 aliphatic heterocycles. The number of aliphatic imine (C=N–C) groups is 1. The van der Waals surface area contributed by atoms with Crippen molar-refractivity contribution in [2.75, 3.05) is 13.7 Å². The number of esters is 1. The lowest BCUT2D eigenvalue weighted by Gasteiger charge is -2.38. The summed E-state index contributed by atoms with van der Waals surface area (Å²) in [6.45, 7) is 7.57. The number of hydrogen-bond donors (Lipinski definition) is 1. The molecule has 1 heterocycles. The molecule has 7 heteroatoms. The largest absolute Gasteiger partial charge is 0.504 e. The molecule has 7 nitrogen and oxygen atoms in total. The minimum absolute atomic E-state index is 0.00479. The third kappa shape index (κ3) is 5.01. The van der Waals surface area contributed by atoms with Crippen molar-refractivity contribution in [1.82, 2.24) is 0 Å². The summed E-state index contributed by atoms with van der Waals surface area (Å²) >= 11 is 0. The van der Waals surface area contributed by atoms with Gasteiger partial charge in [-0.05, 0) is 75.4 Å². The third-order valence-electron chi connectivity index (χ3n) is 6.75. The van der Waals surface area contributed by atoms with Crippen LogP contribution in [-0.4, -0.2) is 42.4 Å². The summed E-state index contributed by atoms with van der Waals surface area (Å²) in [5, 5.41) is 10.3. The number of hydrogen-bond acceptors (Lipinski definition) is 7. The molecule has 4 rings (SSSR count). The van der Waals surface area contributed by atoms with Crippen LogP contribution in [0, 0.1) is 5.92 Å². The molecule has 1 fully saturated rings. The van der Waals surface area contributed by atoms with Crippen molar-refractivity contribution in [2.45, 2.75) is 58.5 Å². The fourth-order valence-corrected chi connectivity index (χ4v) is 5.19. The molecule has 0 aromatic heterocycles. The molecule has 190 valence electrons. The van der Waals surface area contributed by atoms with E-state index in [0.29, 0.717) is 42.0 Å². The van der Waals surface area contributed by atoms with E-state index in [4.69, 9.17) is 19.2 Å². The zero-order valence-corrected chi connectivity index (χ0v) is 21.4. The summed E-state index contributed by atoms with van der Waals surface area (Å²) in [5.74, 6) is -0.539. The van der Waals surface area contributed by atoms with Crippen LogP contribution in [0.15, 0.2) is 58.7 Å². The van der Waals surface area contributed by atoms with Crippen LogP contribution in [0.3, 0.4) is 0 Å². The minimum Gasteiger partial charge on any atom is -0.504 e. The standard InChI is InChI=1S/C29H33NO6/c1-6-35-25-15-19(9-12-23(25)31)27-26(29(33)36-16(2)3)17(4)30-22-13-20(14-24(32)28(22)27)18-7-10-21(34-5)11-8-18/h7-12,15-16,20,27-28,31H,6,13-14H2,1-5H3/t20-,27-,28?/m1/s1. The van der Waals surface area contributed by atoms with Crippen molar-refractivity contribution in [3.8, 4) is 17.2 Å². The number of ketones is 1. The first kappa shape index (κ1) is 25.5. The van der Waals surface area contributed by atoms with Crippen LogP contribution in [0.2, 0.25) is 0 Å². The number of methoxy groups -OCH3 is 1. The highest BCUT2D eigenvalue weighted by molar-refractivity contribution is 6.12. The number of rotatable bonds is 7. The number of nitrogens with zero attached hydrogens (tertiary/aromatic N) is 1. The predicted molar refractivity (Wildman–Crippen MR) is 137 cm³/mol. The summed E-state index contributed by atoms with van der Waals surface area (Å²) in [5.41, 5.74) is 3.45. The van der Waals surface area contributed by atoms with Gasteiger partial charge in [0.05, 0.1) is 31.3 Å². The van der Waals surface area contributed by atoms with E-state index in [1.54, 1.807) is 46.1 Å². The van der Waals surface area contributed by atoms with Gasteiger partial charge >= 0.3 is 5.97 Å². The second-order valence-electron chi connectivity index (χ2n) is 9.52. The molecule has 2 aliphatic rings. The first-order valence-corrected chi connectivity index (χ1v) is 12.3. The Balaban J connectivity index is 1.78. The number of allylic oxidation sites excluding steroid dienone is 1. The predicted octanol–water partition coefficient (Wildman–Crippen LogP) is 5.33. The van der Waals surface area contributed by atoms with E-state index in [1.807, 2.05) is 31.2 Å².